The molecule has 0 saturated heterocycles. The van der Waals surface area contributed by atoms with E-state index in [1.165, 1.54) is 16.1 Å². The van der Waals surface area contributed by atoms with Crippen LogP contribution in [0.1, 0.15) is 18.2 Å². The van der Waals surface area contributed by atoms with Crippen LogP contribution in [0.25, 0.3) is 0 Å². The lowest BCUT2D eigenvalue weighted by atomic mass is 10.1. The molecular formula is C16H21N3S. The summed E-state index contributed by atoms with van der Waals surface area (Å²) in [4.78, 5) is 7.87. The van der Waals surface area contributed by atoms with E-state index in [1.807, 2.05) is 36.2 Å². The first-order valence-electron chi connectivity index (χ1n) is 6.82. The van der Waals surface area contributed by atoms with Gasteiger partial charge in [0.15, 0.2) is 0 Å². The van der Waals surface area contributed by atoms with Crippen LogP contribution in [0.2, 0.25) is 0 Å². The van der Waals surface area contributed by atoms with Crippen molar-refractivity contribution in [1.82, 2.24) is 4.98 Å². The summed E-state index contributed by atoms with van der Waals surface area (Å²) in [5, 5.41) is 0. The number of pyridine rings is 1. The van der Waals surface area contributed by atoms with Crippen molar-refractivity contribution in [2.24, 2.45) is 5.73 Å². The summed E-state index contributed by atoms with van der Waals surface area (Å²) < 4.78 is 0. The second kappa shape index (κ2) is 7.31. The monoisotopic (exact) mass is 287 g/mol. The smallest absolute Gasteiger partial charge is 0.0598 e. The van der Waals surface area contributed by atoms with Crippen molar-refractivity contribution < 1.29 is 0 Å². The van der Waals surface area contributed by atoms with Gasteiger partial charge in [0, 0.05) is 35.9 Å². The first-order valence-corrected chi connectivity index (χ1v) is 7.80. The SMILES string of the molecule is CCSc1cccc(N(C)Cc2ccccn2)c1CN. The van der Waals surface area contributed by atoms with Crippen molar-refractivity contribution >= 4 is 17.4 Å². The van der Waals surface area contributed by atoms with Crippen LogP contribution >= 0.6 is 11.8 Å². The van der Waals surface area contributed by atoms with Crippen molar-refractivity contribution in [2.45, 2.75) is 24.9 Å². The van der Waals surface area contributed by atoms with Gasteiger partial charge in [-0.2, -0.15) is 0 Å². The summed E-state index contributed by atoms with van der Waals surface area (Å²) >= 11 is 1.84. The average molecular weight is 287 g/mol. The molecular weight excluding hydrogens is 266 g/mol. The maximum Gasteiger partial charge on any atom is 0.0598 e. The van der Waals surface area contributed by atoms with E-state index in [0.717, 1.165) is 18.0 Å². The van der Waals surface area contributed by atoms with Crippen molar-refractivity contribution in [1.29, 1.82) is 0 Å². The number of nitrogens with two attached hydrogens (primary N) is 1. The van der Waals surface area contributed by atoms with Gasteiger partial charge in [0.1, 0.15) is 0 Å². The van der Waals surface area contributed by atoms with E-state index >= 15 is 0 Å². The van der Waals surface area contributed by atoms with Crippen LogP contribution in [0.5, 0.6) is 0 Å². The molecule has 0 unspecified atom stereocenters. The fourth-order valence-corrected chi connectivity index (χ4v) is 3.08. The third-order valence-electron chi connectivity index (χ3n) is 3.15. The summed E-state index contributed by atoms with van der Waals surface area (Å²) in [7, 11) is 2.09. The maximum absolute atomic E-state index is 5.96. The molecule has 0 fully saturated rings. The lowest BCUT2D eigenvalue weighted by Crippen LogP contribution is -2.20. The number of hydrogen-bond donors (Lipinski definition) is 1. The second-order valence-electron chi connectivity index (χ2n) is 4.57. The minimum absolute atomic E-state index is 0.561. The average Bonchev–Trinajstić information content (AvgIpc) is 2.48. The molecule has 4 heteroatoms. The zero-order valence-corrected chi connectivity index (χ0v) is 12.9. The number of aromatic nitrogens is 1. The fourth-order valence-electron chi connectivity index (χ4n) is 2.23. The summed E-state index contributed by atoms with van der Waals surface area (Å²) in [6, 6.07) is 12.4. The number of anilines is 1. The van der Waals surface area contributed by atoms with Gasteiger partial charge < -0.3 is 10.6 Å². The molecule has 0 radical (unpaired) electrons. The van der Waals surface area contributed by atoms with Crippen LogP contribution < -0.4 is 10.6 Å². The molecule has 2 rings (SSSR count). The standard InChI is InChI=1S/C16H21N3S/c1-3-20-16-9-6-8-15(14(16)11-17)19(2)12-13-7-4-5-10-18-13/h4-10H,3,11-12,17H2,1-2H3. The number of rotatable bonds is 6. The van der Waals surface area contributed by atoms with E-state index in [4.69, 9.17) is 5.73 Å². The summed E-state index contributed by atoms with van der Waals surface area (Å²) in [5.41, 5.74) is 9.43. The Morgan fingerprint density at radius 2 is 2.05 bits per heavy atom. The van der Waals surface area contributed by atoms with Crippen LogP contribution in [-0.4, -0.2) is 17.8 Å². The van der Waals surface area contributed by atoms with Crippen molar-refractivity contribution in [3.8, 4) is 0 Å². The van der Waals surface area contributed by atoms with E-state index in [9.17, 15) is 0 Å². The van der Waals surface area contributed by atoms with Gasteiger partial charge in [0.05, 0.1) is 12.2 Å². The van der Waals surface area contributed by atoms with Crippen LogP contribution in [0.4, 0.5) is 5.69 Å². The summed E-state index contributed by atoms with van der Waals surface area (Å²) in [6.07, 6.45) is 1.83. The first-order chi connectivity index (χ1) is 9.76. The van der Waals surface area contributed by atoms with E-state index in [1.54, 1.807) is 0 Å². The minimum Gasteiger partial charge on any atom is -0.368 e. The molecule has 1 heterocycles. The van der Waals surface area contributed by atoms with Crippen molar-refractivity contribution in [2.75, 3.05) is 17.7 Å². The van der Waals surface area contributed by atoms with Gasteiger partial charge >= 0.3 is 0 Å². The Labute approximate surface area is 125 Å². The molecule has 2 aromatic rings. The Hall–Kier alpha value is -1.52. The molecule has 2 N–H and O–H groups in total. The number of benzene rings is 1. The zero-order valence-electron chi connectivity index (χ0n) is 12.0. The van der Waals surface area contributed by atoms with Gasteiger partial charge in [-0.15, -0.1) is 11.8 Å². The summed E-state index contributed by atoms with van der Waals surface area (Å²) in [6.45, 7) is 3.51. The van der Waals surface area contributed by atoms with Crippen LogP contribution in [0.15, 0.2) is 47.5 Å². The number of hydrogen-bond acceptors (Lipinski definition) is 4. The minimum atomic E-state index is 0.561. The van der Waals surface area contributed by atoms with Crippen molar-refractivity contribution in [3.63, 3.8) is 0 Å². The molecule has 0 aliphatic rings. The lowest BCUT2D eigenvalue weighted by molar-refractivity contribution is 0.865. The first kappa shape index (κ1) is 14.9. The Balaban J connectivity index is 2.25. The highest BCUT2D eigenvalue weighted by Gasteiger charge is 2.11. The molecule has 106 valence electrons. The highest BCUT2D eigenvalue weighted by atomic mass is 32.2. The molecule has 3 nitrogen and oxygen atoms in total. The van der Waals surface area contributed by atoms with E-state index in [2.05, 4.69) is 42.1 Å². The molecule has 20 heavy (non-hydrogen) atoms. The molecule has 0 aliphatic carbocycles. The van der Waals surface area contributed by atoms with Gasteiger partial charge in [-0.3, -0.25) is 4.98 Å². The van der Waals surface area contributed by atoms with Crippen LogP contribution in [0.3, 0.4) is 0 Å². The molecule has 0 saturated carbocycles. The van der Waals surface area contributed by atoms with Gasteiger partial charge in [-0.1, -0.05) is 19.1 Å². The topological polar surface area (TPSA) is 42.2 Å². The quantitative estimate of drug-likeness (QED) is 0.828. The van der Waals surface area contributed by atoms with Crippen molar-refractivity contribution in [3.05, 3.63) is 53.9 Å². The van der Waals surface area contributed by atoms with E-state index < -0.39 is 0 Å². The molecule has 0 aliphatic heterocycles. The molecule has 0 amide bonds. The largest absolute Gasteiger partial charge is 0.368 e. The molecule has 0 spiro atoms. The highest BCUT2D eigenvalue weighted by molar-refractivity contribution is 7.99. The van der Waals surface area contributed by atoms with Crippen LogP contribution in [-0.2, 0) is 13.1 Å². The number of thioether (sulfide) groups is 1. The Morgan fingerprint density at radius 1 is 1.20 bits per heavy atom. The third-order valence-corrected chi connectivity index (χ3v) is 4.13. The molecule has 1 aromatic heterocycles. The lowest BCUT2D eigenvalue weighted by Gasteiger charge is -2.23. The zero-order chi connectivity index (χ0) is 14.4. The Morgan fingerprint density at radius 3 is 2.70 bits per heavy atom. The van der Waals surface area contributed by atoms with Gasteiger partial charge in [-0.25, -0.2) is 0 Å². The fraction of sp³-hybridized carbons (Fsp3) is 0.312. The second-order valence-corrected chi connectivity index (χ2v) is 5.87. The van der Waals surface area contributed by atoms with E-state index in [-0.39, 0.29) is 0 Å². The van der Waals surface area contributed by atoms with E-state index in [0.29, 0.717) is 6.54 Å². The Bertz CT molecular complexity index is 543. The molecule has 1 aromatic carbocycles. The highest BCUT2D eigenvalue weighted by Crippen LogP contribution is 2.30. The summed E-state index contributed by atoms with van der Waals surface area (Å²) in [5.74, 6) is 1.06. The molecule has 0 bridgehead atoms. The number of nitrogens with zero attached hydrogens (tertiary/aromatic N) is 2. The van der Waals surface area contributed by atoms with Gasteiger partial charge in [0.25, 0.3) is 0 Å². The van der Waals surface area contributed by atoms with Crippen LogP contribution in [0, 0.1) is 0 Å². The van der Waals surface area contributed by atoms with Gasteiger partial charge in [0.2, 0.25) is 0 Å². The third kappa shape index (κ3) is 3.52. The molecule has 0 atom stereocenters. The van der Waals surface area contributed by atoms with Gasteiger partial charge in [-0.05, 0) is 30.0 Å². The normalized spacial score (nSPS) is 10.6. The Kier molecular flexibility index (Phi) is 5.44. The predicted molar refractivity (Wildman–Crippen MR) is 87.1 cm³/mol. The predicted octanol–water partition coefficient (Wildman–Crippen LogP) is 3.29. The maximum atomic E-state index is 5.96.